The van der Waals surface area contributed by atoms with Crippen LogP contribution in [0.2, 0.25) is 19.6 Å². The molecular formula is C26H33N3O5Si. The normalized spacial score (nSPS) is 15.5. The Bertz CT molecular complexity index is 1080. The van der Waals surface area contributed by atoms with Gasteiger partial charge < -0.3 is 15.4 Å². The van der Waals surface area contributed by atoms with Gasteiger partial charge in [0.05, 0.1) is 15.2 Å². The van der Waals surface area contributed by atoms with Crippen molar-refractivity contribution in [1.29, 1.82) is 0 Å². The molecule has 1 heterocycles. The predicted octanol–water partition coefficient (Wildman–Crippen LogP) is 2.82. The number of likely N-dealkylation sites (tertiary alicyclic amines) is 1. The lowest BCUT2D eigenvalue weighted by Crippen LogP contribution is -2.49. The van der Waals surface area contributed by atoms with Crippen LogP contribution in [0.5, 0.6) is 5.75 Å². The number of methoxy groups -OCH3 is 1. The van der Waals surface area contributed by atoms with E-state index in [1.807, 2.05) is 31.2 Å². The van der Waals surface area contributed by atoms with Gasteiger partial charge in [0.15, 0.2) is 0 Å². The number of piperidine rings is 1. The van der Waals surface area contributed by atoms with Crippen molar-refractivity contribution in [3.8, 4) is 5.75 Å². The number of amides is 4. The van der Waals surface area contributed by atoms with E-state index in [0.717, 1.165) is 4.90 Å². The third-order valence-corrected chi connectivity index (χ3v) is 8.05. The molecule has 3 rings (SSSR count). The van der Waals surface area contributed by atoms with Gasteiger partial charge in [-0.2, -0.15) is 0 Å². The van der Waals surface area contributed by atoms with Crippen molar-refractivity contribution in [1.82, 2.24) is 10.2 Å². The van der Waals surface area contributed by atoms with Gasteiger partial charge in [0, 0.05) is 18.5 Å². The van der Waals surface area contributed by atoms with Crippen molar-refractivity contribution in [3.05, 3.63) is 54.1 Å². The highest BCUT2D eigenvalue weighted by atomic mass is 28.3. The smallest absolute Gasteiger partial charge is 0.251 e. The van der Waals surface area contributed by atoms with Crippen LogP contribution in [0.4, 0.5) is 5.69 Å². The fraction of sp³-hybridized carbons (Fsp3) is 0.385. The summed E-state index contributed by atoms with van der Waals surface area (Å²) in [6.45, 7) is 8.14. The Balaban J connectivity index is 1.78. The molecule has 1 unspecified atom stereocenters. The average molecular weight is 496 g/mol. The van der Waals surface area contributed by atoms with Gasteiger partial charge in [-0.15, -0.1) is 0 Å². The lowest BCUT2D eigenvalue weighted by Gasteiger charge is -2.28. The number of hydrogen-bond donors (Lipinski definition) is 2. The summed E-state index contributed by atoms with van der Waals surface area (Å²) in [5.41, 5.74) is 1.15. The van der Waals surface area contributed by atoms with Crippen LogP contribution in [0, 0.1) is 5.92 Å². The first-order valence-electron chi connectivity index (χ1n) is 11.7. The number of nitrogens with one attached hydrogen (secondary N) is 2. The zero-order valence-corrected chi connectivity index (χ0v) is 21.9. The molecule has 0 radical (unpaired) electrons. The summed E-state index contributed by atoms with van der Waals surface area (Å²) in [4.78, 5) is 51.6. The van der Waals surface area contributed by atoms with Gasteiger partial charge in [0.1, 0.15) is 18.3 Å². The Morgan fingerprint density at radius 1 is 1.00 bits per heavy atom. The Kier molecular flexibility index (Phi) is 8.11. The second kappa shape index (κ2) is 10.9. The molecule has 8 nitrogen and oxygen atoms in total. The number of imide groups is 1. The minimum Gasteiger partial charge on any atom is -0.497 e. The molecule has 1 saturated heterocycles. The number of ether oxygens (including phenoxy) is 1. The topological polar surface area (TPSA) is 105 Å². The molecule has 2 aromatic carbocycles. The number of benzene rings is 2. The maximum absolute atomic E-state index is 13.3. The Labute approximate surface area is 207 Å². The van der Waals surface area contributed by atoms with Crippen LogP contribution < -0.4 is 20.6 Å². The lowest BCUT2D eigenvalue weighted by atomic mass is 9.98. The maximum Gasteiger partial charge on any atom is 0.251 e. The van der Waals surface area contributed by atoms with Crippen LogP contribution in [0.3, 0.4) is 0 Å². The number of carbonyl (C=O) groups is 4. The number of hydrogen-bond acceptors (Lipinski definition) is 5. The second-order valence-electron chi connectivity index (χ2n) is 9.98. The number of rotatable bonds is 8. The summed E-state index contributed by atoms with van der Waals surface area (Å²) in [5, 5.41) is 6.82. The average Bonchev–Trinajstić information content (AvgIpc) is 2.79. The Morgan fingerprint density at radius 2 is 1.57 bits per heavy atom. The van der Waals surface area contributed by atoms with Crippen molar-refractivity contribution in [2.24, 2.45) is 5.92 Å². The Hall–Kier alpha value is -3.46. The molecule has 0 spiro atoms. The minimum atomic E-state index is -1.48. The lowest BCUT2D eigenvalue weighted by molar-refractivity contribution is -0.152. The zero-order chi connectivity index (χ0) is 25.8. The molecule has 2 N–H and O–H groups in total. The molecule has 0 aromatic heterocycles. The molecule has 2 aromatic rings. The van der Waals surface area contributed by atoms with Gasteiger partial charge in [-0.3, -0.25) is 24.1 Å². The van der Waals surface area contributed by atoms with E-state index in [0.29, 0.717) is 17.0 Å². The number of anilines is 1. The van der Waals surface area contributed by atoms with Gasteiger partial charge in [0.2, 0.25) is 17.7 Å². The molecule has 1 aliphatic heterocycles. The molecule has 0 aliphatic carbocycles. The van der Waals surface area contributed by atoms with Crippen molar-refractivity contribution in [2.75, 3.05) is 19.0 Å². The summed E-state index contributed by atoms with van der Waals surface area (Å²) in [6.07, 6.45) is 0.434. The molecule has 0 bridgehead atoms. The molecule has 1 aliphatic rings. The summed E-state index contributed by atoms with van der Waals surface area (Å²) in [7, 11) is 0.0602. The molecule has 4 amide bonds. The molecule has 186 valence electrons. The third-order valence-electron chi connectivity index (χ3n) is 5.99. The van der Waals surface area contributed by atoms with Crippen LogP contribution in [0.25, 0.3) is 0 Å². The van der Waals surface area contributed by atoms with Crippen LogP contribution in [-0.4, -0.2) is 50.3 Å². The van der Waals surface area contributed by atoms with Crippen molar-refractivity contribution in [3.63, 3.8) is 0 Å². The SMILES string of the molecule is COc1ccc(C(NC(=O)CN2C(=O)CC(C)CC2=O)C(=O)Nc2ccc([Si](C)(C)C)cc2)cc1. The first kappa shape index (κ1) is 26.1. The third kappa shape index (κ3) is 6.79. The van der Waals surface area contributed by atoms with E-state index in [1.165, 1.54) is 5.19 Å². The maximum atomic E-state index is 13.3. The zero-order valence-electron chi connectivity index (χ0n) is 20.9. The first-order chi connectivity index (χ1) is 16.5. The summed E-state index contributed by atoms with van der Waals surface area (Å²) in [5.74, 6) is -1.21. The predicted molar refractivity (Wildman–Crippen MR) is 137 cm³/mol. The molecule has 0 saturated carbocycles. The second-order valence-corrected chi connectivity index (χ2v) is 15.1. The van der Waals surface area contributed by atoms with E-state index in [4.69, 9.17) is 4.74 Å². The molecule has 1 fully saturated rings. The van der Waals surface area contributed by atoms with Gasteiger partial charge in [-0.1, -0.05) is 56.0 Å². The van der Waals surface area contributed by atoms with E-state index >= 15 is 0 Å². The van der Waals surface area contributed by atoms with E-state index in [9.17, 15) is 19.2 Å². The monoisotopic (exact) mass is 495 g/mol. The summed E-state index contributed by atoms with van der Waals surface area (Å²) >= 11 is 0. The minimum absolute atomic E-state index is 0.0422. The highest BCUT2D eigenvalue weighted by molar-refractivity contribution is 6.88. The highest BCUT2D eigenvalue weighted by Gasteiger charge is 2.33. The van der Waals surface area contributed by atoms with Gasteiger partial charge in [0.25, 0.3) is 5.91 Å². The highest BCUT2D eigenvalue weighted by Crippen LogP contribution is 2.21. The molecule has 35 heavy (non-hydrogen) atoms. The molecule has 9 heteroatoms. The first-order valence-corrected chi connectivity index (χ1v) is 15.2. The molecule has 1 atom stereocenters. The number of carbonyl (C=O) groups excluding carboxylic acids is 4. The Morgan fingerprint density at radius 3 is 2.09 bits per heavy atom. The number of nitrogens with zero attached hydrogens (tertiary/aromatic N) is 1. The quantitative estimate of drug-likeness (QED) is 0.433. The molecular weight excluding hydrogens is 462 g/mol. The van der Waals surface area contributed by atoms with Gasteiger partial charge >= 0.3 is 0 Å². The van der Waals surface area contributed by atoms with Crippen molar-refractivity contribution < 1.29 is 23.9 Å². The van der Waals surface area contributed by atoms with Crippen LogP contribution in [0.1, 0.15) is 31.4 Å². The van der Waals surface area contributed by atoms with Crippen LogP contribution >= 0.6 is 0 Å². The van der Waals surface area contributed by atoms with E-state index in [1.54, 1.807) is 31.4 Å². The fourth-order valence-electron chi connectivity index (χ4n) is 3.92. The van der Waals surface area contributed by atoms with E-state index in [2.05, 4.69) is 30.3 Å². The van der Waals surface area contributed by atoms with Crippen molar-refractivity contribution in [2.45, 2.75) is 45.4 Å². The van der Waals surface area contributed by atoms with Crippen LogP contribution in [0.15, 0.2) is 48.5 Å². The van der Waals surface area contributed by atoms with Crippen LogP contribution in [-0.2, 0) is 19.2 Å². The van der Waals surface area contributed by atoms with Crippen molar-refractivity contribution >= 4 is 42.6 Å². The van der Waals surface area contributed by atoms with Gasteiger partial charge in [-0.25, -0.2) is 0 Å². The largest absolute Gasteiger partial charge is 0.497 e. The van der Waals surface area contributed by atoms with E-state index in [-0.39, 0.29) is 30.6 Å². The fourth-order valence-corrected chi connectivity index (χ4v) is 5.09. The van der Waals surface area contributed by atoms with E-state index < -0.39 is 32.5 Å². The summed E-state index contributed by atoms with van der Waals surface area (Å²) in [6, 6.07) is 13.5. The van der Waals surface area contributed by atoms with Gasteiger partial charge in [-0.05, 0) is 35.7 Å². The standard InChI is InChI=1S/C26H33N3O5Si/c1-17-14-23(31)29(24(32)15-17)16-22(30)28-25(18-6-10-20(34-2)11-7-18)26(33)27-19-8-12-21(13-9-19)35(3,4)5/h6-13,17,25H,14-16H2,1-5H3,(H,27,33)(H,28,30). The summed E-state index contributed by atoms with van der Waals surface area (Å²) < 4.78 is 5.19.